The number of nitrogens with one attached hydrogen (secondary N) is 1. The van der Waals surface area contributed by atoms with Crippen molar-refractivity contribution in [3.63, 3.8) is 0 Å². The summed E-state index contributed by atoms with van der Waals surface area (Å²) in [6, 6.07) is 0. The fraction of sp³-hybridized carbons (Fsp3) is 0.812. The van der Waals surface area contributed by atoms with Crippen LogP contribution in [0.5, 0.6) is 0 Å². The first kappa shape index (κ1) is 15.5. The number of morpholine rings is 1. The molecule has 114 valence electrons. The van der Waals surface area contributed by atoms with Gasteiger partial charge in [-0.2, -0.15) is 0 Å². The van der Waals surface area contributed by atoms with E-state index in [1.807, 2.05) is 0 Å². The molecule has 0 aromatic heterocycles. The van der Waals surface area contributed by atoms with Gasteiger partial charge in [0.1, 0.15) is 13.1 Å². The molecule has 1 aliphatic heterocycles. The van der Waals surface area contributed by atoms with Gasteiger partial charge in [-0.15, -0.1) is 0 Å². The molecule has 0 bridgehead atoms. The fourth-order valence-electron chi connectivity index (χ4n) is 3.42. The van der Waals surface area contributed by atoms with E-state index in [9.17, 15) is 4.79 Å². The van der Waals surface area contributed by atoms with Gasteiger partial charge in [0.15, 0.2) is 6.54 Å². The minimum absolute atomic E-state index is 0.0624. The van der Waals surface area contributed by atoms with Gasteiger partial charge in [0.25, 0.3) is 0 Å². The fourth-order valence-corrected chi connectivity index (χ4v) is 3.42. The van der Waals surface area contributed by atoms with Gasteiger partial charge in [0.2, 0.25) is 0 Å². The van der Waals surface area contributed by atoms with Gasteiger partial charge in [-0.1, -0.05) is 25.5 Å². The van der Waals surface area contributed by atoms with Crippen LogP contribution < -0.4 is 4.90 Å². The second-order valence-electron chi connectivity index (χ2n) is 6.44. The van der Waals surface area contributed by atoms with Gasteiger partial charge in [-0.3, -0.25) is 0 Å². The summed E-state index contributed by atoms with van der Waals surface area (Å²) in [5.74, 6) is 1.50. The molecule has 3 unspecified atom stereocenters. The van der Waals surface area contributed by atoms with Crippen molar-refractivity contribution in [2.45, 2.75) is 27.2 Å². The monoisotopic (exact) mass is 282 g/mol. The van der Waals surface area contributed by atoms with Crippen LogP contribution in [0, 0.1) is 17.8 Å². The maximum absolute atomic E-state index is 11.9. The standard InChI is InChI=1S/C16H27NO3/c1-12-8-13(2)15(14(3)9-12)11-20-16(18)10-17-4-6-19-7-5-17/h8,13-15H,4-7,9-11H2,1-3H3/p+1. The number of hydrogen-bond donors (Lipinski definition) is 1. The molecule has 2 rings (SSSR count). The lowest BCUT2D eigenvalue weighted by atomic mass is 9.75. The first-order valence-corrected chi connectivity index (χ1v) is 7.80. The molecule has 1 saturated heterocycles. The van der Waals surface area contributed by atoms with E-state index in [0.29, 0.717) is 30.9 Å². The van der Waals surface area contributed by atoms with Crippen molar-refractivity contribution in [1.29, 1.82) is 0 Å². The number of ether oxygens (including phenoxy) is 2. The summed E-state index contributed by atoms with van der Waals surface area (Å²) in [6.45, 7) is 11.1. The van der Waals surface area contributed by atoms with E-state index in [0.717, 1.165) is 32.7 Å². The van der Waals surface area contributed by atoms with Crippen LogP contribution >= 0.6 is 0 Å². The zero-order chi connectivity index (χ0) is 14.5. The highest BCUT2D eigenvalue weighted by molar-refractivity contribution is 5.70. The highest BCUT2D eigenvalue weighted by Gasteiger charge is 2.28. The number of rotatable bonds is 4. The van der Waals surface area contributed by atoms with Gasteiger partial charge in [0.05, 0.1) is 19.8 Å². The number of hydrogen-bond acceptors (Lipinski definition) is 3. The van der Waals surface area contributed by atoms with Gasteiger partial charge in [0, 0.05) is 5.92 Å². The molecule has 2 aliphatic rings. The summed E-state index contributed by atoms with van der Waals surface area (Å²) in [7, 11) is 0. The van der Waals surface area contributed by atoms with Crippen LogP contribution in [0.25, 0.3) is 0 Å². The lowest BCUT2D eigenvalue weighted by Crippen LogP contribution is -3.15. The van der Waals surface area contributed by atoms with Crippen molar-refractivity contribution in [3.05, 3.63) is 11.6 Å². The SMILES string of the molecule is CC1=CC(C)C(COC(=O)C[NH+]2CCOCC2)C(C)C1. The van der Waals surface area contributed by atoms with Crippen molar-refractivity contribution < 1.29 is 19.2 Å². The first-order valence-electron chi connectivity index (χ1n) is 7.80. The number of esters is 1. The summed E-state index contributed by atoms with van der Waals surface area (Å²) in [4.78, 5) is 13.2. The highest BCUT2D eigenvalue weighted by atomic mass is 16.5. The van der Waals surface area contributed by atoms with Gasteiger partial charge in [-0.05, 0) is 25.2 Å². The zero-order valence-electron chi connectivity index (χ0n) is 13.0. The molecule has 1 fully saturated rings. The predicted molar refractivity (Wildman–Crippen MR) is 77.5 cm³/mol. The quantitative estimate of drug-likeness (QED) is 0.609. The molecule has 0 aromatic rings. The number of allylic oxidation sites excluding steroid dienone is 2. The van der Waals surface area contributed by atoms with Crippen molar-refractivity contribution in [3.8, 4) is 0 Å². The van der Waals surface area contributed by atoms with Crippen LogP contribution in [-0.4, -0.2) is 45.4 Å². The number of carbonyl (C=O) groups is 1. The maximum Gasteiger partial charge on any atom is 0.361 e. The van der Waals surface area contributed by atoms with Gasteiger partial charge >= 0.3 is 5.97 Å². The first-order chi connectivity index (χ1) is 9.56. The van der Waals surface area contributed by atoms with Gasteiger partial charge in [-0.25, -0.2) is 4.79 Å². The largest absolute Gasteiger partial charge is 0.461 e. The van der Waals surface area contributed by atoms with E-state index in [1.54, 1.807) is 0 Å². The number of quaternary nitrogens is 1. The van der Waals surface area contributed by atoms with Crippen LogP contribution in [0.15, 0.2) is 11.6 Å². The number of carbonyl (C=O) groups excluding carboxylic acids is 1. The Kier molecular flexibility index (Phi) is 5.61. The normalized spacial score (nSPS) is 31.8. The average Bonchev–Trinajstić information content (AvgIpc) is 2.38. The van der Waals surface area contributed by atoms with E-state index >= 15 is 0 Å². The van der Waals surface area contributed by atoms with E-state index in [1.165, 1.54) is 10.5 Å². The van der Waals surface area contributed by atoms with E-state index in [2.05, 4.69) is 26.8 Å². The van der Waals surface area contributed by atoms with E-state index in [4.69, 9.17) is 9.47 Å². The third-order valence-corrected chi connectivity index (χ3v) is 4.63. The van der Waals surface area contributed by atoms with Crippen LogP contribution in [0.1, 0.15) is 27.2 Å². The van der Waals surface area contributed by atoms with Crippen molar-refractivity contribution >= 4 is 5.97 Å². The Morgan fingerprint density at radius 1 is 1.40 bits per heavy atom. The Balaban J connectivity index is 1.75. The lowest BCUT2D eigenvalue weighted by molar-refractivity contribution is -0.900. The summed E-state index contributed by atoms with van der Waals surface area (Å²) in [5, 5.41) is 0. The second kappa shape index (κ2) is 7.23. The molecule has 20 heavy (non-hydrogen) atoms. The Hall–Kier alpha value is -0.870. The van der Waals surface area contributed by atoms with E-state index < -0.39 is 0 Å². The van der Waals surface area contributed by atoms with Crippen LogP contribution in [-0.2, 0) is 14.3 Å². The molecule has 1 aliphatic carbocycles. The van der Waals surface area contributed by atoms with Crippen molar-refractivity contribution in [1.82, 2.24) is 0 Å². The third-order valence-electron chi connectivity index (χ3n) is 4.63. The average molecular weight is 282 g/mol. The smallest absolute Gasteiger partial charge is 0.361 e. The molecule has 1 heterocycles. The topological polar surface area (TPSA) is 40.0 Å². The molecule has 0 radical (unpaired) electrons. The molecular weight excluding hydrogens is 254 g/mol. The Bertz CT molecular complexity index is 361. The summed E-state index contributed by atoms with van der Waals surface area (Å²) < 4.78 is 10.8. The van der Waals surface area contributed by atoms with E-state index in [-0.39, 0.29) is 5.97 Å². The maximum atomic E-state index is 11.9. The van der Waals surface area contributed by atoms with Crippen LogP contribution in [0.4, 0.5) is 0 Å². The zero-order valence-corrected chi connectivity index (χ0v) is 13.0. The second-order valence-corrected chi connectivity index (χ2v) is 6.44. The molecule has 4 nitrogen and oxygen atoms in total. The van der Waals surface area contributed by atoms with Crippen molar-refractivity contribution in [2.75, 3.05) is 39.5 Å². The minimum atomic E-state index is -0.0624. The molecule has 4 heteroatoms. The molecule has 3 atom stereocenters. The summed E-state index contributed by atoms with van der Waals surface area (Å²) >= 11 is 0. The van der Waals surface area contributed by atoms with Crippen molar-refractivity contribution in [2.24, 2.45) is 17.8 Å². The van der Waals surface area contributed by atoms with Crippen LogP contribution in [0.3, 0.4) is 0 Å². The predicted octanol–water partition coefficient (Wildman–Crippen LogP) is 0.683. The molecule has 0 aromatic carbocycles. The Morgan fingerprint density at radius 2 is 2.10 bits per heavy atom. The Labute approximate surface area is 122 Å². The highest BCUT2D eigenvalue weighted by Crippen LogP contribution is 2.33. The minimum Gasteiger partial charge on any atom is -0.461 e. The molecular formula is C16H28NO3+. The molecule has 0 saturated carbocycles. The summed E-state index contributed by atoms with van der Waals surface area (Å²) in [5.41, 5.74) is 1.46. The van der Waals surface area contributed by atoms with Crippen LogP contribution in [0.2, 0.25) is 0 Å². The molecule has 0 spiro atoms. The molecule has 0 amide bonds. The summed E-state index contributed by atoms with van der Waals surface area (Å²) in [6.07, 6.45) is 3.45. The van der Waals surface area contributed by atoms with Gasteiger partial charge < -0.3 is 14.4 Å². The lowest BCUT2D eigenvalue weighted by Gasteiger charge is -2.32. The Morgan fingerprint density at radius 3 is 2.75 bits per heavy atom. The molecule has 1 N–H and O–H groups in total. The third kappa shape index (κ3) is 4.32.